The number of hydrogen-bond donors (Lipinski definition) is 2. The molecule has 3 atom stereocenters. The van der Waals surface area contributed by atoms with Crippen molar-refractivity contribution in [2.45, 2.75) is 50.8 Å². The lowest BCUT2D eigenvalue weighted by Gasteiger charge is -2.60. The number of likely N-dealkylation sites (N-methyl/N-ethyl adjacent to an activating group) is 1. The molecule has 0 aromatic rings. The van der Waals surface area contributed by atoms with Gasteiger partial charge < -0.3 is 20.7 Å². The van der Waals surface area contributed by atoms with Crippen LogP contribution in [0.3, 0.4) is 0 Å². The minimum absolute atomic E-state index is 0.00144. The summed E-state index contributed by atoms with van der Waals surface area (Å²) in [5, 5.41) is 3.05. The fraction of sp³-hybridized carbons (Fsp3) is 0.933. The molecule has 0 bridgehead atoms. The highest BCUT2D eigenvalue weighted by Crippen LogP contribution is 2.58. The summed E-state index contributed by atoms with van der Waals surface area (Å²) in [5.41, 5.74) is 5.44. The summed E-state index contributed by atoms with van der Waals surface area (Å²) in [6.07, 6.45) is 3.63. The van der Waals surface area contributed by atoms with Gasteiger partial charge in [0.05, 0.1) is 6.10 Å². The van der Waals surface area contributed by atoms with Crippen molar-refractivity contribution >= 4 is 5.91 Å². The highest BCUT2D eigenvalue weighted by atomic mass is 16.5. The van der Waals surface area contributed by atoms with Gasteiger partial charge in [0.25, 0.3) is 0 Å². The first-order valence-corrected chi connectivity index (χ1v) is 7.78. The van der Waals surface area contributed by atoms with Crippen LogP contribution in [0.4, 0.5) is 0 Å². The molecule has 3 aliphatic rings. The standard InChI is InChI=1S/C15H27N3O2/c1-14(2)12-11(6-9-20-12)15(14,16)13(19)17-7-8-18(3)10-4-5-10/h10-12H,4-9,16H2,1-3H3,(H,17,19). The van der Waals surface area contributed by atoms with E-state index in [-0.39, 0.29) is 23.3 Å². The minimum Gasteiger partial charge on any atom is -0.377 e. The Bertz CT molecular complexity index is 408. The van der Waals surface area contributed by atoms with Crippen LogP contribution in [0.25, 0.3) is 0 Å². The van der Waals surface area contributed by atoms with Crippen LogP contribution in [-0.2, 0) is 9.53 Å². The van der Waals surface area contributed by atoms with E-state index in [2.05, 4.69) is 31.1 Å². The molecule has 2 aliphatic carbocycles. The van der Waals surface area contributed by atoms with Crippen LogP contribution in [-0.4, -0.2) is 55.2 Å². The first-order chi connectivity index (χ1) is 9.39. The Labute approximate surface area is 121 Å². The summed E-state index contributed by atoms with van der Waals surface area (Å²) in [6.45, 7) is 6.41. The number of nitrogens with zero attached hydrogens (tertiary/aromatic N) is 1. The topological polar surface area (TPSA) is 67.6 Å². The number of carbonyl (C=O) groups excluding carboxylic acids is 1. The van der Waals surface area contributed by atoms with Crippen molar-refractivity contribution in [3.8, 4) is 0 Å². The molecular formula is C15H27N3O2. The SMILES string of the molecule is CN(CCNC(=O)C1(N)C2CCOC2C1(C)C)C1CC1. The van der Waals surface area contributed by atoms with Gasteiger partial charge in [-0.05, 0) is 26.3 Å². The molecule has 5 nitrogen and oxygen atoms in total. The van der Waals surface area contributed by atoms with Gasteiger partial charge in [-0.15, -0.1) is 0 Å². The van der Waals surface area contributed by atoms with E-state index < -0.39 is 5.54 Å². The molecule has 3 rings (SSSR count). The Morgan fingerprint density at radius 3 is 2.75 bits per heavy atom. The molecule has 3 unspecified atom stereocenters. The summed E-state index contributed by atoms with van der Waals surface area (Å²) in [7, 11) is 2.12. The third-order valence-electron chi connectivity index (χ3n) is 5.75. The Balaban J connectivity index is 1.55. The van der Waals surface area contributed by atoms with Gasteiger partial charge in [-0.25, -0.2) is 0 Å². The summed E-state index contributed by atoms with van der Waals surface area (Å²) < 4.78 is 5.73. The molecule has 2 saturated carbocycles. The van der Waals surface area contributed by atoms with E-state index in [1.807, 2.05) is 0 Å². The molecule has 0 spiro atoms. The summed E-state index contributed by atoms with van der Waals surface area (Å²) in [5.74, 6) is 0.178. The van der Waals surface area contributed by atoms with E-state index in [0.717, 1.165) is 25.6 Å². The highest BCUT2D eigenvalue weighted by molar-refractivity contribution is 5.89. The Morgan fingerprint density at radius 1 is 1.40 bits per heavy atom. The molecule has 1 saturated heterocycles. The van der Waals surface area contributed by atoms with Crippen LogP contribution in [0.15, 0.2) is 0 Å². The highest BCUT2D eigenvalue weighted by Gasteiger charge is 2.71. The third-order valence-corrected chi connectivity index (χ3v) is 5.75. The second kappa shape index (κ2) is 4.68. The van der Waals surface area contributed by atoms with Crippen molar-refractivity contribution in [1.82, 2.24) is 10.2 Å². The maximum atomic E-state index is 12.6. The fourth-order valence-corrected chi connectivity index (χ4v) is 4.04. The molecule has 1 aliphatic heterocycles. The maximum Gasteiger partial charge on any atom is 0.241 e. The lowest BCUT2D eigenvalue weighted by atomic mass is 9.48. The molecule has 0 radical (unpaired) electrons. The molecule has 0 aromatic heterocycles. The number of nitrogens with one attached hydrogen (secondary N) is 1. The van der Waals surface area contributed by atoms with E-state index >= 15 is 0 Å². The third kappa shape index (κ3) is 1.90. The van der Waals surface area contributed by atoms with Crippen molar-refractivity contribution in [2.75, 3.05) is 26.7 Å². The second-order valence-electron chi connectivity index (χ2n) is 7.24. The van der Waals surface area contributed by atoms with Crippen LogP contribution in [0.1, 0.15) is 33.1 Å². The van der Waals surface area contributed by atoms with E-state index in [1.165, 1.54) is 12.8 Å². The number of rotatable bonds is 5. The van der Waals surface area contributed by atoms with Crippen molar-refractivity contribution in [3.05, 3.63) is 0 Å². The summed E-state index contributed by atoms with van der Waals surface area (Å²) >= 11 is 0. The molecule has 3 fully saturated rings. The number of hydrogen-bond acceptors (Lipinski definition) is 4. The quantitative estimate of drug-likeness (QED) is 0.762. The van der Waals surface area contributed by atoms with Crippen molar-refractivity contribution in [2.24, 2.45) is 17.1 Å². The smallest absolute Gasteiger partial charge is 0.241 e. The largest absolute Gasteiger partial charge is 0.377 e. The number of nitrogens with two attached hydrogens (primary N) is 1. The Kier molecular flexibility index (Phi) is 3.35. The van der Waals surface area contributed by atoms with Gasteiger partial charge >= 0.3 is 0 Å². The summed E-state index contributed by atoms with van der Waals surface area (Å²) in [6, 6.07) is 0.728. The number of ether oxygens (including phenoxy) is 1. The van der Waals surface area contributed by atoms with E-state index in [1.54, 1.807) is 0 Å². The average Bonchev–Trinajstić information content (AvgIpc) is 3.14. The molecule has 20 heavy (non-hydrogen) atoms. The number of carbonyl (C=O) groups is 1. The van der Waals surface area contributed by atoms with Gasteiger partial charge in [0.15, 0.2) is 0 Å². The minimum atomic E-state index is -0.772. The zero-order valence-corrected chi connectivity index (χ0v) is 12.8. The predicted octanol–water partition coefficient (Wildman–Crippen LogP) is 0.339. The molecule has 5 heteroatoms. The van der Waals surface area contributed by atoms with Crippen LogP contribution in [0.5, 0.6) is 0 Å². The first-order valence-electron chi connectivity index (χ1n) is 7.78. The zero-order valence-electron chi connectivity index (χ0n) is 12.8. The normalized spacial score (nSPS) is 38.5. The monoisotopic (exact) mass is 281 g/mol. The molecule has 1 heterocycles. The van der Waals surface area contributed by atoms with Crippen molar-refractivity contribution < 1.29 is 9.53 Å². The molecule has 1 amide bonds. The Morgan fingerprint density at radius 2 is 2.10 bits per heavy atom. The first kappa shape index (κ1) is 14.3. The van der Waals surface area contributed by atoms with Gasteiger partial charge in [0.1, 0.15) is 5.54 Å². The zero-order chi connectivity index (χ0) is 14.5. The van der Waals surface area contributed by atoms with Crippen LogP contribution in [0.2, 0.25) is 0 Å². The van der Waals surface area contributed by atoms with E-state index in [9.17, 15) is 4.79 Å². The molecular weight excluding hydrogens is 254 g/mol. The van der Waals surface area contributed by atoms with Gasteiger partial charge in [-0.1, -0.05) is 13.8 Å². The van der Waals surface area contributed by atoms with Crippen LogP contribution < -0.4 is 11.1 Å². The van der Waals surface area contributed by atoms with Crippen molar-refractivity contribution in [1.29, 1.82) is 0 Å². The maximum absolute atomic E-state index is 12.6. The molecule has 114 valence electrons. The molecule has 0 aromatic carbocycles. The van der Waals surface area contributed by atoms with Crippen molar-refractivity contribution in [3.63, 3.8) is 0 Å². The van der Waals surface area contributed by atoms with Gasteiger partial charge in [0, 0.05) is 37.1 Å². The van der Waals surface area contributed by atoms with E-state index in [0.29, 0.717) is 6.54 Å². The molecule has 3 N–H and O–H groups in total. The van der Waals surface area contributed by atoms with Crippen LogP contribution in [0, 0.1) is 11.3 Å². The van der Waals surface area contributed by atoms with Gasteiger partial charge in [0.2, 0.25) is 5.91 Å². The lowest BCUT2D eigenvalue weighted by molar-refractivity contribution is -0.175. The van der Waals surface area contributed by atoms with Gasteiger partial charge in [-0.2, -0.15) is 0 Å². The summed E-state index contributed by atoms with van der Waals surface area (Å²) in [4.78, 5) is 14.9. The van der Waals surface area contributed by atoms with Gasteiger partial charge in [-0.3, -0.25) is 4.79 Å². The van der Waals surface area contributed by atoms with Crippen LogP contribution >= 0.6 is 0 Å². The predicted molar refractivity (Wildman–Crippen MR) is 77.2 cm³/mol. The number of amides is 1. The number of fused-ring (bicyclic) bond motifs is 1. The second-order valence-corrected chi connectivity index (χ2v) is 7.24. The van der Waals surface area contributed by atoms with E-state index in [4.69, 9.17) is 10.5 Å². The average molecular weight is 281 g/mol. The Hall–Kier alpha value is -0.650. The fourth-order valence-electron chi connectivity index (χ4n) is 4.04. The lowest BCUT2D eigenvalue weighted by Crippen LogP contribution is -2.80.